The number of hydrogen-bond acceptors (Lipinski definition) is 4. The molecule has 2 amide bonds. The smallest absolute Gasteiger partial charge is 0.243 e. The second-order valence-corrected chi connectivity index (χ2v) is 7.18. The number of nitrogens with one attached hydrogen (secondary N) is 1. The summed E-state index contributed by atoms with van der Waals surface area (Å²) in [6, 6.07) is 7.96. The Bertz CT molecular complexity index is 605. The molecule has 1 aromatic rings. The van der Waals surface area contributed by atoms with Gasteiger partial charge < -0.3 is 19.9 Å². The molecule has 2 fully saturated rings. The minimum atomic E-state index is -0.177. The maximum absolute atomic E-state index is 12.3. The molecule has 0 aromatic heterocycles. The lowest BCUT2D eigenvalue weighted by molar-refractivity contribution is -0.134. The summed E-state index contributed by atoms with van der Waals surface area (Å²) >= 11 is 0. The number of carbonyl (C=O) groups is 2. The van der Waals surface area contributed by atoms with E-state index in [0.29, 0.717) is 6.54 Å². The molecular formula is C20H29N3O3. The molecule has 2 heterocycles. The van der Waals surface area contributed by atoms with E-state index in [9.17, 15) is 9.59 Å². The number of carbonyl (C=O) groups excluding carboxylic acids is 2. The first-order chi connectivity index (χ1) is 12.6. The van der Waals surface area contributed by atoms with Crippen molar-refractivity contribution in [2.24, 2.45) is 0 Å². The maximum Gasteiger partial charge on any atom is 0.243 e. The second-order valence-electron chi connectivity index (χ2n) is 7.18. The van der Waals surface area contributed by atoms with E-state index in [1.807, 2.05) is 12.1 Å². The van der Waals surface area contributed by atoms with Crippen molar-refractivity contribution >= 4 is 23.2 Å². The Hall–Kier alpha value is -2.08. The highest BCUT2D eigenvalue weighted by atomic mass is 16.5. The van der Waals surface area contributed by atoms with Gasteiger partial charge in [-0.15, -0.1) is 0 Å². The van der Waals surface area contributed by atoms with E-state index in [-0.39, 0.29) is 24.5 Å². The number of nitrogens with zero attached hydrogens (tertiary/aromatic N) is 2. The summed E-state index contributed by atoms with van der Waals surface area (Å²) in [4.78, 5) is 28.1. The van der Waals surface area contributed by atoms with Crippen molar-refractivity contribution in [3.05, 3.63) is 24.3 Å². The third-order valence-electron chi connectivity index (χ3n) is 5.10. The van der Waals surface area contributed by atoms with Gasteiger partial charge in [-0.2, -0.15) is 0 Å². The molecule has 6 nitrogen and oxygen atoms in total. The molecule has 26 heavy (non-hydrogen) atoms. The Morgan fingerprint density at radius 3 is 2.50 bits per heavy atom. The highest BCUT2D eigenvalue weighted by Crippen LogP contribution is 2.22. The van der Waals surface area contributed by atoms with E-state index < -0.39 is 0 Å². The molecule has 0 aliphatic carbocycles. The molecule has 1 N–H and O–H groups in total. The highest BCUT2D eigenvalue weighted by Gasteiger charge is 2.22. The van der Waals surface area contributed by atoms with Crippen LogP contribution in [0.4, 0.5) is 11.4 Å². The Labute approximate surface area is 155 Å². The SMILES string of the molecule is CC(=O)N(CC(=O)Nc1ccc(N2CCCCC2)cc1)CC1CCCO1. The summed E-state index contributed by atoms with van der Waals surface area (Å²) in [6.07, 6.45) is 5.81. The lowest BCUT2D eigenvalue weighted by Gasteiger charge is -2.29. The van der Waals surface area contributed by atoms with Crippen LogP contribution >= 0.6 is 0 Å². The molecule has 1 unspecified atom stereocenters. The zero-order valence-corrected chi connectivity index (χ0v) is 15.6. The standard InChI is InChI=1S/C20H29N3O3/c1-16(24)23(14-19-6-5-13-26-19)15-20(25)21-17-7-9-18(10-8-17)22-11-3-2-4-12-22/h7-10,19H,2-6,11-15H2,1H3,(H,21,25). The van der Waals surface area contributed by atoms with Crippen molar-refractivity contribution in [1.29, 1.82) is 0 Å². The Balaban J connectivity index is 1.51. The first-order valence-electron chi connectivity index (χ1n) is 9.64. The average molecular weight is 359 g/mol. The highest BCUT2D eigenvalue weighted by molar-refractivity contribution is 5.94. The molecule has 142 valence electrons. The molecule has 1 aromatic carbocycles. The van der Waals surface area contributed by atoms with Crippen LogP contribution < -0.4 is 10.2 Å². The Kier molecular flexibility index (Phi) is 6.50. The van der Waals surface area contributed by atoms with Crippen LogP contribution in [0, 0.1) is 0 Å². The largest absolute Gasteiger partial charge is 0.376 e. The van der Waals surface area contributed by atoms with Crippen molar-refractivity contribution in [2.75, 3.05) is 43.0 Å². The number of amides is 2. The first kappa shape index (κ1) is 18.7. The summed E-state index contributed by atoms with van der Waals surface area (Å²) in [7, 11) is 0. The van der Waals surface area contributed by atoms with Gasteiger partial charge in [0.2, 0.25) is 11.8 Å². The van der Waals surface area contributed by atoms with Crippen LogP contribution in [0.15, 0.2) is 24.3 Å². The molecule has 0 bridgehead atoms. The number of ether oxygens (including phenoxy) is 1. The molecule has 0 radical (unpaired) electrons. The van der Waals surface area contributed by atoms with Crippen LogP contribution in [-0.4, -0.2) is 55.6 Å². The van der Waals surface area contributed by atoms with Gasteiger partial charge in [0.15, 0.2) is 0 Å². The van der Waals surface area contributed by atoms with E-state index in [1.54, 1.807) is 4.90 Å². The predicted octanol–water partition coefficient (Wildman–Crippen LogP) is 2.64. The summed E-state index contributed by atoms with van der Waals surface area (Å²) in [5, 5.41) is 2.89. The molecule has 3 rings (SSSR count). The second kappa shape index (κ2) is 9.03. The van der Waals surface area contributed by atoms with Crippen molar-refractivity contribution in [2.45, 2.75) is 45.1 Å². The number of benzene rings is 1. The first-order valence-corrected chi connectivity index (χ1v) is 9.64. The van der Waals surface area contributed by atoms with E-state index in [4.69, 9.17) is 4.74 Å². The molecule has 2 aliphatic rings. The number of hydrogen-bond donors (Lipinski definition) is 1. The van der Waals surface area contributed by atoms with Crippen LogP contribution in [0.25, 0.3) is 0 Å². The normalized spacial score (nSPS) is 20.0. The van der Waals surface area contributed by atoms with Crippen LogP contribution in [-0.2, 0) is 14.3 Å². The average Bonchev–Trinajstić information content (AvgIpc) is 3.15. The summed E-state index contributed by atoms with van der Waals surface area (Å²) in [5.41, 5.74) is 1.96. The third kappa shape index (κ3) is 5.21. The van der Waals surface area contributed by atoms with Gasteiger partial charge in [0.05, 0.1) is 12.6 Å². The number of rotatable bonds is 6. The third-order valence-corrected chi connectivity index (χ3v) is 5.10. The Morgan fingerprint density at radius 2 is 1.88 bits per heavy atom. The van der Waals surface area contributed by atoms with Crippen LogP contribution in [0.3, 0.4) is 0 Å². The summed E-state index contributed by atoms with van der Waals surface area (Å²) in [5.74, 6) is -0.278. The monoisotopic (exact) mass is 359 g/mol. The summed E-state index contributed by atoms with van der Waals surface area (Å²) < 4.78 is 5.57. The van der Waals surface area contributed by atoms with Crippen molar-refractivity contribution < 1.29 is 14.3 Å². The van der Waals surface area contributed by atoms with Crippen molar-refractivity contribution in [3.8, 4) is 0 Å². The molecule has 2 aliphatic heterocycles. The fourth-order valence-electron chi connectivity index (χ4n) is 3.62. The fourth-order valence-corrected chi connectivity index (χ4v) is 3.62. The van der Waals surface area contributed by atoms with Crippen LogP contribution in [0.2, 0.25) is 0 Å². The molecule has 0 saturated carbocycles. The Morgan fingerprint density at radius 1 is 1.15 bits per heavy atom. The molecule has 1 atom stereocenters. The molecule has 2 saturated heterocycles. The molecular weight excluding hydrogens is 330 g/mol. The van der Waals surface area contributed by atoms with Gasteiger partial charge in [-0.3, -0.25) is 9.59 Å². The van der Waals surface area contributed by atoms with E-state index in [2.05, 4.69) is 22.3 Å². The van der Waals surface area contributed by atoms with Crippen LogP contribution in [0.5, 0.6) is 0 Å². The van der Waals surface area contributed by atoms with Gasteiger partial charge in [-0.1, -0.05) is 0 Å². The van der Waals surface area contributed by atoms with Crippen molar-refractivity contribution in [1.82, 2.24) is 4.90 Å². The number of piperidine rings is 1. The van der Waals surface area contributed by atoms with Gasteiger partial charge in [0, 0.05) is 44.5 Å². The van der Waals surface area contributed by atoms with Gasteiger partial charge in [0.1, 0.15) is 0 Å². The van der Waals surface area contributed by atoms with Gasteiger partial charge in [-0.25, -0.2) is 0 Å². The topological polar surface area (TPSA) is 61.9 Å². The van der Waals surface area contributed by atoms with E-state index in [1.165, 1.54) is 31.9 Å². The van der Waals surface area contributed by atoms with Crippen LogP contribution in [0.1, 0.15) is 39.0 Å². The van der Waals surface area contributed by atoms with Crippen molar-refractivity contribution in [3.63, 3.8) is 0 Å². The maximum atomic E-state index is 12.3. The predicted molar refractivity (Wildman–Crippen MR) is 102 cm³/mol. The lowest BCUT2D eigenvalue weighted by atomic mass is 10.1. The minimum absolute atomic E-state index is 0.0514. The number of anilines is 2. The van der Waals surface area contributed by atoms with E-state index >= 15 is 0 Å². The van der Waals surface area contributed by atoms with Gasteiger partial charge in [-0.05, 0) is 56.4 Å². The van der Waals surface area contributed by atoms with Gasteiger partial charge in [0.25, 0.3) is 0 Å². The zero-order valence-electron chi connectivity index (χ0n) is 15.6. The lowest BCUT2D eigenvalue weighted by Crippen LogP contribution is -2.41. The quantitative estimate of drug-likeness (QED) is 0.848. The van der Waals surface area contributed by atoms with E-state index in [0.717, 1.165) is 38.2 Å². The zero-order chi connectivity index (χ0) is 18.4. The molecule has 6 heteroatoms. The fraction of sp³-hybridized carbons (Fsp3) is 0.600. The van der Waals surface area contributed by atoms with Gasteiger partial charge >= 0.3 is 0 Å². The summed E-state index contributed by atoms with van der Waals surface area (Å²) in [6.45, 7) is 4.98. The molecule has 0 spiro atoms. The minimum Gasteiger partial charge on any atom is -0.376 e.